The molecule has 0 atom stereocenters. The average molecular weight is 422 g/mol. The Hall–Kier alpha value is -2.88. The zero-order chi connectivity index (χ0) is 20.3. The van der Waals surface area contributed by atoms with Crippen LogP contribution < -0.4 is 5.56 Å². The highest BCUT2D eigenvalue weighted by Crippen LogP contribution is 2.14. The second-order valence-corrected chi connectivity index (χ2v) is 8.34. The molecular formula is C21H23N7OS. The van der Waals surface area contributed by atoms with E-state index in [1.807, 2.05) is 18.3 Å². The average Bonchev–Trinajstić information content (AvgIpc) is 3.37. The maximum Gasteiger partial charge on any atom is 0.266 e. The number of rotatable bonds is 6. The molecule has 0 radical (unpaired) electrons. The SMILES string of the molecule is O=c1ccc(-c2cccnc2)nn1CCN1CCN(Cc2cn3ccsc3n2)CC1. The standard InChI is InChI=1S/C21H23N7OS/c29-20-4-3-19(17-2-1-5-22-14-17)24-28(20)11-10-25-6-8-26(9-7-25)15-18-16-27-12-13-30-21(27)23-18/h1-5,12-14,16H,6-11,15H2. The van der Waals surface area contributed by atoms with Crippen LogP contribution >= 0.6 is 11.3 Å². The summed E-state index contributed by atoms with van der Waals surface area (Å²) >= 11 is 1.66. The van der Waals surface area contributed by atoms with Gasteiger partial charge in [0.1, 0.15) is 0 Å². The minimum atomic E-state index is -0.0685. The van der Waals surface area contributed by atoms with E-state index in [1.165, 1.54) is 0 Å². The van der Waals surface area contributed by atoms with Crippen LogP contribution in [-0.2, 0) is 13.1 Å². The lowest BCUT2D eigenvalue weighted by Crippen LogP contribution is -2.47. The highest BCUT2D eigenvalue weighted by Gasteiger charge is 2.18. The van der Waals surface area contributed by atoms with Gasteiger partial charge in [-0.05, 0) is 18.2 Å². The van der Waals surface area contributed by atoms with Crippen molar-refractivity contribution < 1.29 is 0 Å². The molecule has 0 amide bonds. The smallest absolute Gasteiger partial charge is 0.266 e. The highest BCUT2D eigenvalue weighted by molar-refractivity contribution is 7.15. The molecule has 0 aliphatic carbocycles. The van der Waals surface area contributed by atoms with Crippen molar-refractivity contribution in [3.8, 4) is 11.3 Å². The fourth-order valence-corrected chi connectivity index (χ4v) is 4.48. The molecular weight excluding hydrogens is 398 g/mol. The quantitative estimate of drug-likeness (QED) is 0.473. The number of imidazole rings is 1. The Bertz CT molecular complexity index is 1150. The van der Waals surface area contributed by atoms with Gasteiger partial charge in [0.15, 0.2) is 4.96 Å². The first kappa shape index (κ1) is 19.1. The summed E-state index contributed by atoms with van der Waals surface area (Å²) < 4.78 is 3.65. The van der Waals surface area contributed by atoms with Gasteiger partial charge in [0.05, 0.1) is 17.9 Å². The van der Waals surface area contributed by atoms with E-state index in [1.54, 1.807) is 40.5 Å². The van der Waals surface area contributed by atoms with Crippen LogP contribution in [0.2, 0.25) is 0 Å². The lowest BCUT2D eigenvalue weighted by molar-refractivity contribution is 0.122. The van der Waals surface area contributed by atoms with Crippen LogP contribution in [0, 0.1) is 0 Å². The third kappa shape index (κ3) is 4.18. The van der Waals surface area contributed by atoms with E-state index in [0.717, 1.165) is 61.2 Å². The molecule has 0 spiro atoms. The summed E-state index contributed by atoms with van der Waals surface area (Å²) in [5.41, 5.74) is 2.74. The van der Waals surface area contributed by atoms with Gasteiger partial charge in [-0.2, -0.15) is 5.10 Å². The fourth-order valence-electron chi connectivity index (χ4n) is 3.77. The van der Waals surface area contributed by atoms with Crippen molar-refractivity contribution in [3.05, 3.63) is 70.5 Å². The van der Waals surface area contributed by atoms with Crippen LogP contribution in [0.3, 0.4) is 0 Å². The third-order valence-corrected chi connectivity index (χ3v) is 6.22. The third-order valence-electron chi connectivity index (χ3n) is 5.45. The molecule has 0 bridgehead atoms. The number of nitrogens with zero attached hydrogens (tertiary/aromatic N) is 7. The second kappa shape index (κ2) is 8.47. The van der Waals surface area contributed by atoms with Crippen molar-refractivity contribution in [2.75, 3.05) is 32.7 Å². The monoisotopic (exact) mass is 421 g/mol. The van der Waals surface area contributed by atoms with Crippen LogP contribution in [0.15, 0.2) is 59.2 Å². The van der Waals surface area contributed by atoms with Crippen molar-refractivity contribution >= 4 is 16.3 Å². The number of fused-ring (bicyclic) bond motifs is 1. The molecule has 1 fully saturated rings. The lowest BCUT2D eigenvalue weighted by atomic mass is 10.2. The molecule has 5 heterocycles. The van der Waals surface area contributed by atoms with Crippen LogP contribution in [0.1, 0.15) is 5.69 Å². The topological polar surface area (TPSA) is 71.6 Å². The van der Waals surface area contributed by atoms with E-state index in [0.29, 0.717) is 6.54 Å². The van der Waals surface area contributed by atoms with Crippen molar-refractivity contribution in [2.45, 2.75) is 13.1 Å². The van der Waals surface area contributed by atoms with Gasteiger partial charge >= 0.3 is 0 Å². The minimum absolute atomic E-state index is 0.0685. The molecule has 0 N–H and O–H groups in total. The first-order valence-electron chi connectivity index (χ1n) is 10.1. The number of hydrogen-bond donors (Lipinski definition) is 0. The van der Waals surface area contributed by atoms with Crippen LogP contribution in [0.5, 0.6) is 0 Å². The van der Waals surface area contributed by atoms with Gasteiger partial charge in [0, 0.05) is 81.1 Å². The van der Waals surface area contributed by atoms with Crippen molar-refractivity contribution in [1.29, 1.82) is 0 Å². The molecule has 5 rings (SSSR count). The molecule has 8 nitrogen and oxygen atoms in total. The van der Waals surface area contributed by atoms with E-state index >= 15 is 0 Å². The van der Waals surface area contributed by atoms with Gasteiger partial charge in [-0.15, -0.1) is 11.3 Å². The van der Waals surface area contributed by atoms with Gasteiger partial charge in [0.2, 0.25) is 0 Å². The summed E-state index contributed by atoms with van der Waals surface area (Å²) in [7, 11) is 0. The molecule has 4 aromatic heterocycles. The highest BCUT2D eigenvalue weighted by atomic mass is 32.1. The molecule has 4 aromatic rings. The first-order valence-corrected chi connectivity index (χ1v) is 11.0. The lowest BCUT2D eigenvalue weighted by Gasteiger charge is -2.34. The normalized spacial score (nSPS) is 15.7. The van der Waals surface area contributed by atoms with Crippen molar-refractivity contribution in [2.24, 2.45) is 0 Å². The molecule has 30 heavy (non-hydrogen) atoms. The number of thiazole rings is 1. The fraction of sp³-hybridized carbons (Fsp3) is 0.333. The Kier molecular flexibility index (Phi) is 5.39. The predicted octanol–water partition coefficient (Wildman–Crippen LogP) is 1.83. The van der Waals surface area contributed by atoms with Crippen LogP contribution in [0.25, 0.3) is 16.2 Å². The molecule has 1 aliphatic rings. The van der Waals surface area contributed by atoms with Crippen molar-refractivity contribution in [3.63, 3.8) is 0 Å². The second-order valence-electron chi connectivity index (χ2n) is 7.46. The largest absolute Gasteiger partial charge is 0.299 e. The van der Waals surface area contributed by atoms with E-state index in [9.17, 15) is 4.79 Å². The Morgan fingerprint density at radius 3 is 2.70 bits per heavy atom. The molecule has 0 unspecified atom stereocenters. The summed E-state index contributed by atoms with van der Waals surface area (Å²) in [5.74, 6) is 0. The van der Waals surface area contributed by atoms with Gasteiger partial charge in [-0.3, -0.25) is 24.0 Å². The maximum atomic E-state index is 12.2. The van der Waals surface area contributed by atoms with E-state index in [4.69, 9.17) is 0 Å². The minimum Gasteiger partial charge on any atom is -0.299 e. The number of piperazine rings is 1. The molecule has 0 saturated carbocycles. The maximum absolute atomic E-state index is 12.2. The van der Waals surface area contributed by atoms with Gasteiger partial charge in [0.25, 0.3) is 5.56 Å². The Balaban J connectivity index is 1.15. The summed E-state index contributed by atoms with van der Waals surface area (Å²) in [6.07, 6.45) is 7.66. The van der Waals surface area contributed by atoms with Crippen LogP contribution in [0.4, 0.5) is 0 Å². The van der Waals surface area contributed by atoms with Crippen LogP contribution in [-0.4, -0.2) is 66.7 Å². The van der Waals surface area contributed by atoms with Gasteiger partial charge in [-0.25, -0.2) is 9.67 Å². The van der Waals surface area contributed by atoms with E-state index in [2.05, 4.69) is 40.8 Å². The van der Waals surface area contributed by atoms with E-state index < -0.39 is 0 Å². The number of pyridine rings is 1. The number of aromatic nitrogens is 5. The molecule has 154 valence electrons. The summed E-state index contributed by atoms with van der Waals surface area (Å²) in [5, 5.41) is 6.58. The van der Waals surface area contributed by atoms with Gasteiger partial charge < -0.3 is 0 Å². The first-order chi connectivity index (χ1) is 14.7. The summed E-state index contributed by atoms with van der Waals surface area (Å²) in [6, 6.07) is 7.17. The molecule has 9 heteroatoms. The predicted molar refractivity (Wildman–Crippen MR) is 117 cm³/mol. The number of hydrogen-bond acceptors (Lipinski definition) is 7. The molecule has 1 aliphatic heterocycles. The summed E-state index contributed by atoms with van der Waals surface area (Å²) in [6.45, 7) is 6.27. The molecule has 0 aromatic carbocycles. The Morgan fingerprint density at radius 1 is 1.03 bits per heavy atom. The summed E-state index contributed by atoms with van der Waals surface area (Å²) in [4.78, 5) is 26.9. The van der Waals surface area contributed by atoms with E-state index in [-0.39, 0.29) is 5.56 Å². The Labute approximate surface area is 178 Å². The molecule has 1 saturated heterocycles. The zero-order valence-electron chi connectivity index (χ0n) is 16.6. The van der Waals surface area contributed by atoms with Crippen molar-refractivity contribution in [1.82, 2.24) is 33.9 Å². The van der Waals surface area contributed by atoms with Gasteiger partial charge in [-0.1, -0.05) is 0 Å². The Morgan fingerprint density at radius 2 is 1.90 bits per heavy atom. The zero-order valence-corrected chi connectivity index (χ0v) is 17.4.